The zero-order chi connectivity index (χ0) is 15.2. The number of fused-ring (bicyclic) bond motifs is 6. The zero-order valence-corrected chi connectivity index (χ0v) is 14.7. The molecule has 8 atom stereocenters. The van der Waals surface area contributed by atoms with Crippen molar-refractivity contribution in [3.63, 3.8) is 0 Å². The summed E-state index contributed by atoms with van der Waals surface area (Å²) >= 11 is 0. The lowest BCUT2D eigenvalue weighted by Crippen LogP contribution is -2.70. The van der Waals surface area contributed by atoms with E-state index in [4.69, 9.17) is 0 Å². The molecule has 0 aromatic heterocycles. The largest absolute Gasteiger partial charge is 0.389 e. The fourth-order valence-corrected chi connectivity index (χ4v) is 8.12. The minimum absolute atomic E-state index is 0.179. The van der Waals surface area contributed by atoms with Gasteiger partial charge in [-0.15, -0.1) is 0 Å². The molecular weight excluding hydrogens is 256 g/mol. The molecule has 21 heavy (non-hydrogen) atoms. The lowest BCUT2D eigenvalue weighted by Gasteiger charge is -2.71. The minimum atomic E-state index is -0.366. The van der Waals surface area contributed by atoms with Crippen molar-refractivity contribution in [3.8, 4) is 0 Å². The number of aliphatic hydroxyl groups is 1. The van der Waals surface area contributed by atoms with Crippen molar-refractivity contribution in [1.29, 1.82) is 0 Å². The monoisotopic (exact) mass is 290 g/mol. The molecule has 0 spiro atoms. The van der Waals surface area contributed by atoms with Gasteiger partial charge < -0.3 is 5.11 Å². The van der Waals surface area contributed by atoms with Gasteiger partial charge >= 0.3 is 0 Å². The second-order valence-electron chi connectivity index (χ2n) is 9.95. The van der Waals surface area contributed by atoms with Gasteiger partial charge in [-0.2, -0.15) is 0 Å². The lowest BCUT2D eigenvalue weighted by atomic mass is 9.35. The zero-order valence-electron chi connectivity index (χ0n) is 14.7. The maximum absolute atomic E-state index is 11.9. The van der Waals surface area contributed by atoms with E-state index in [1.165, 1.54) is 32.1 Å². The summed E-state index contributed by atoms with van der Waals surface area (Å²) in [4.78, 5) is 0. The summed E-state index contributed by atoms with van der Waals surface area (Å²) in [6.45, 7) is 12.2. The predicted octanol–water partition coefficient (Wildman–Crippen LogP) is 4.88. The first-order valence-corrected chi connectivity index (χ1v) is 9.48. The van der Waals surface area contributed by atoms with E-state index in [9.17, 15) is 5.11 Å². The molecular formula is C20H34O. The minimum Gasteiger partial charge on any atom is -0.389 e. The van der Waals surface area contributed by atoms with E-state index < -0.39 is 0 Å². The molecule has 4 rings (SSSR count). The van der Waals surface area contributed by atoms with Gasteiger partial charge in [0.05, 0.1) is 5.60 Å². The Morgan fingerprint density at radius 1 is 1.00 bits per heavy atom. The average Bonchev–Trinajstić information content (AvgIpc) is 2.85. The maximum atomic E-state index is 11.9. The summed E-state index contributed by atoms with van der Waals surface area (Å²) in [6, 6.07) is 0. The van der Waals surface area contributed by atoms with Crippen LogP contribution in [0.2, 0.25) is 0 Å². The molecule has 0 aromatic carbocycles. The van der Waals surface area contributed by atoms with E-state index in [0.29, 0.717) is 17.3 Å². The summed E-state index contributed by atoms with van der Waals surface area (Å²) in [6.07, 6.45) is 7.79. The quantitative estimate of drug-likeness (QED) is 0.729. The molecule has 1 N–H and O–H groups in total. The van der Waals surface area contributed by atoms with E-state index in [0.717, 1.165) is 30.1 Å². The first-order chi connectivity index (χ1) is 9.76. The van der Waals surface area contributed by atoms with Crippen LogP contribution in [-0.2, 0) is 0 Å². The summed E-state index contributed by atoms with van der Waals surface area (Å²) < 4.78 is 0. The highest BCUT2D eigenvalue weighted by Crippen LogP contribution is 2.77. The van der Waals surface area contributed by atoms with Crippen LogP contribution in [0, 0.1) is 46.3 Å². The third-order valence-electron chi connectivity index (χ3n) is 9.14. The lowest BCUT2D eigenvalue weighted by molar-refractivity contribution is -0.279. The third kappa shape index (κ3) is 1.44. The fraction of sp³-hybridized carbons (Fsp3) is 1.00. The SMILES string of the molecule is CC(C)[C@@H]1CC[C@@]2(O)C3C4C(CC[C@@H]4C)[C@]3(C)CC[C@@]12C. The molecule has 0 bridgehead atoms. The fourth-order valence-electron chi connectivity index (χ4n) is 8.12. The molecule has 1 nitrogen and oxygen atoms in total. The van der Waals surface area contributed by atoms with E-state index in [1.807, 2.05) is 0 Å². The molecule has 0 aliphatic heterocycles. The van der Waals surface area contributed by atoms with Crippen LogP contribution in [0.4, 0.5) is 0 Å². The molecule has 120 valence electrons. The van der Waals surface area contributed by atoms with Crippen molar-refractivity contribution < 1.29 is 5.11 Å². The molecule has 4 aliphatic carbocycles. The first kappa shape index (κ1) is 14.5. The standard InChI is InChI=1S/C20H34O/c1-12(2)14-8-9-20(21)17-16-13(3)6-7-15(16)18(17,4)10-11-19(14,20)5/h12-17,21H,6-11H2,1-5H3/t13-,14-,15?,16?,17?,18-,19-,20+/m0/s1. The van der Waals surface area contributed by atoms with Crippen LogP contribution in [0.5, 0.6) is 0 Å². The Balaban J connectivity index is 1.75. The Morgan fingerprint density at radius 3 is 2.38 bits per heavy atom. The highest BCUT2D eigenvalue weighted by Gasteiger charge is 2.75. The normalized spacial score (nSPS) is 62.1. The van der Waals surface area contributed by atoms with Gasteiger partial charge in [-0.05, 0) is 78.4 Å². The van der Waals surface area contributed by atoms with Crippen LogP contribution in [-0.4, -0.2) is 10.7 Å². The molecule has 4 fully saturated rings. The highest BCUT2D eigenvalue weighted by atomic mass is 16.3. The third-order valence-corrected chi connectivity index (χ3v) is 9.14. The summed E-state index contributed by atoms with van der Waals surface area (Å²) in [7, 11) is 0. The van der Waals surface area contributed by atoms with E-state index in [-0.39, 0.29) is 11.0 Å². The van der Waals surface area contributed by atoms with Gasteiger partial charge in [0.15, 0.2) is 0 Å². The van der Waals surface area contributed by atoms with Crippen molar-refractivity contribution in [1.82, 2.24) is 0 Å². The number of hydrogen-bond donors (Lipinski definition) is 1. The molecule has 0 radical (unpaired) electrons. The van der Waals surface area contributed by atoms with Crippen molar-refractivity contribution in [3.05, 3.63) is 0 Å². The van der Waals surface area contributed by atoms with Gasteiger partial charge in [0.1, 0.15) is 0 Å². The summed E-state index contributed by atoms with van der Waals surface area (Å²) in [5, 5.41) is 11.9. The van der Waals surface area contributed by atoms with Crippen LogP contribution in [0.25, 0.3) is 0 Å². The van der Waals surface area contributed by atoms with Crippen LogP contribution in [0.3, 0.4) is 0 Å². The van der Waals surface area contributed by atoms with Gasteiger partial charge in [0.25, 0.3) is 0 Å². The molecule has 0 aromatic rings. The second kappa shape index (κ2) is 4.08. The van der Waals surface area contributed by atoms with Crippen LogP contribution in [0.15, 0.2) is 0 Å². The topological polar surface area (TPSA) is 20.2 Å². The molecule has 1 heteroatoms. The Morgan fingerprint density at radius 2 is 1.71 bits per heavy atom. The number of hydrogen-bond acceptors (Lipinski definition) is 1. The molecule has 4 aliphatic rings. The second-order valence-corrected chi connectivity index (χ2v) is 9.95. The van der Waals surface area contributed by atoms with Gasteiger partial charge in [-0.3, -0.25) is 0 Å². The smallest absolute Gasteiger partial charge is 0.0740 e. The molecule has 3 unspecified atom stereocenters. The maximum Gasteiger partial charge on any atom is 0.0740 e. The van der Waals surface area contributed by atoms with Crippen molar-refractivity contribution in [2.45, 2.75) is 78.7 Å². The highest BCUT2D eigenvalue weighted by molar-refractivity contribution is 5.24. The Hall–Kier alpha value is -0.0400. The van der Waals surface area contributed by atoms with E-state index in [2.05, 4.69) is 34.6 Å². The van der Waals surface area contributed by atoms with Crippen LogP contribution in [0.1, 0.15) is 73.1 Å². The Kier molecular flexibility index (Phi) is 2.82. The van der Waals surface area contributed by atoms with Gasteiger partial charge in [-0.25, -0.2) is 0 Å². The first-order valence-electron chi connectivity index (χ1n) is 9.48. The molecule has 0 heterocycles. The average molecular weight is 290 g/mol. The van der Waals surface area contributed by atoms with Gasteiger partial charge in [-0.1, -0.05) is 41.0 Å². The predicted molar refractivity (Wildman–Crippen MR) is 86.8 cm³/mol. The van der Waals surface area contributed by atoms with Crippen LogP contribution >= 0.6 is 0 Å². The number of rotatable bonds is 1. The van der Waals surface area contributed by atoms with E-state index in [1.54, 1.807) is 0 Å². The van der Waals surface area contributed by atoms with E-state index >= 15 is 0 Å². The van der Waals surface area contributed by atoms with Gasteiger partial charge in [0.2, 0.25) is 0 Å². The van der Waals surface area contributed by atoms with Crippen molar-refractivity contribution in [2.24, 2.45) is 46.3 Å². The van der Waals surface area contributed by atoms with Crippen LogP contribution < -0.4 is 0 Å². The molecule has 4 saturated carbocycles. The van der Waals surface area contributed by atoms with Crippen molar-refractivity contribution >= 4 is 0 Å². The Bertz CT molecular complexity index is 457. The van der Waals surface area contributed by atoms with Gasteiger partial charge in [0, 0.05) is 0 Å². The van der Waals surface area contributed by atoms with Crippen molar-refractivity contribution in [2.75, 3.05) is 0 Å². The summed E-state index contributed by atoms with van der Waals surface area (Å²) in [5.41, 5.74) is 0.267. The Labute approximate surface area is 130 Å². The summed E-state index contributed by atoms with van der Waals surface area (Å²) in [5.74, 6) is 4.62. The molecule has 0 amide bonds. The molecule has 0 saturated heterocycles.